The highest BCUT2D eigenvalue weighted by molar-refractivity contribution is 5.85. The molecule has 4 nitrogen and oxygen atoms in total. The topological polar surface area (TPSA) is 38.2 Å². The van der Waals surface area contributed by atoms with Crippen molar-refractivity contribution in [1.82, 2.24) is 14.9 Å². The number of benzene rings is 2. The Labute approximate surface area is 202 Å². The lowest BCUT2D eigenvalue weighted by molar-refractivity contribution is -0.00679. The Bertz CT molecular complexity index is 1350. The molecule has 1 unspecified atom stereocenters. The highest BCUT2D eigenvalue weighted by Crippen LogP contribution is 2.46. The summed E-state index contributed by atoms with van der Waals surface area (Å²) in [6.07, 6.45) is 5.82. The lowest BCUT2D eigenvalue weighted by Gasteiger charge is -2.52. The molecule has 5 heterocycles. The van der Waals surface area contributed by atoms with Gasteiger partial charge in [-0.25, -0.2) is 0 Å². The van der Waals surface area contributed by atoms with Crippen LogP contribution in [-0.4, -0.2) is 41.1 Å². The number of hydrogen-bond donors (Lipinski definition) is 0. The minimum absolute atomic E-state index is 0.196. The maximum absolute atomic E-state index is 5.61. The van der Waals surface area contributed by atoms with E-state index in [-0.39, 0.29) is 5.92 Å². The monoisotopic (exact) mass is 451 g/mol. The van der Waals surface area contributed by atoms with Crippen LogP contribution in [0.1, 0.15) is 48.9 Å². The van der Waals surface area contributed by atoms with E-state index in [4.69, 9.17) is 9.72 Å². The summed E-state index contributed by atoms with van der Waals surface area (Å²) in [5, 5.41) is 2.41. The number of aryl methyl sites for hydroxylation is 1. The van der Waals surface area contributed by atoms with Crippen molar-refractivity contribution in [1.29, 1.82) is 0 Å². The van der Waals surface area contributed by atoms with Gasteiger partial charge in [0, 0.05) is 35.5 Å². The predicted octanol–water partition coefficient (Wildman–Crippen LogP) is 6.35. The van der Waals surface area contributed by atoms with Crippen LogP contribution in [0.25, 0.3) is 21.8 Å². The minimum Gasteiger partial charge on any atom is -0.497 e. The lowest BCUT2D eigenvalue weighted by atomic mass is 9.69. The van der Waals surface area contributed by atoms with E-state index in [1.54, 1.807) is 7.11 Å². The number of aromatic nitrogens is 2. The highest BCUT2D eigenvalue weighted by Gasteiger charge is 2.44. The summed E-state index contributed by atoms with van der Waals surface area (Å²) in [4.78, 5) is 12.7. The van der Waals surface area contributed by atoms with Gasteiger partial charge in [0.1, 0.15) is 5.75 Å². The Balaban J connectivity index is 1.56. The van der Waals surface area contributed by atoms with Gasteiger partial charge < -0.3 is 4.74 Å². The molecule has 34 heavy (non-hydrogen) atoms. The largest absolute Gasteiger partial charge is 0.497 e. The molecule has 2 aromatic heterocycles. The number of fused-ring (bicyclic) bond motifs is 5. The van der Waals surface area contributed by atoms with Crippen molar-refractivity contribution in [3.63, 3.8) is 0 Å². The average Bonchev–Trinajstić information content (AvgIpc) is 2.89. The Morgan fingerprint density at radius 1 is 1.06 bits per heavy atom. The Morgan fingerprint density at radius 2 is 1.94 bits per heavy atom. The molecular formula is C30H33N3O. The van der Waals surface area contributed by atoms with Crippen LogP contribution in [0.4, 0.5) is 0 Å². The molecule has 4 heteroatoms. The summed E-state index contributed by atoms with van der Waals surface area (Å²) >= 11 is 0. The number of nitrogens with zero attached hydrogens (tertiary/aromatic N) is 3. The van der Waals surface area contributed by atoms with E-state index >= 15 is 0 Å². The first-order valence-electron chi connectivity index (χ1n) is 12.7. The molecule has 174 valence electrons. The van der Waals surface area contributed by atoms with Gasteiger partial charge in [-0.2, -0.15) is 0 Å². The number of ether oxygens (including phenoxy) is 1. The molecule has 7 rings (SSSR count). The molecule has 0 radical (unpaired) electrons. The zero-order valence-electron chi connectivity index (χ0n) is 20.4. The van der Waals surface area contributed by atoms with Gasteiger partial charge in [0.15, 0.2) is 0 Å². The van der Waals surface area contributed by atoms with Crippen molar-refractivity contribution >= 4 is 21.8 Å². The lowest BCUT2D eigenvalue weighted by Crippen LogP contribution is -2.55. The van der Waals surface area contributed by atoms with Gasteiger partial charge in [-0.3, -0.25) is 14.9 Å². The van der Waals surface area contributed by atoms with Crippen molar-refractivity contribution < 1.29 is 4.74 Å². The van der Waals surface area contributed by atoms with E-state index in [0.29, 0.717) is 6.04 Å². The minimum atomic E-state index is 0.196. The molecule has 2 aromatic carbocycles. The second-order valence-electron chi connectivity index (χ2n) is 10.2. The summed E-state index contributed by atoms with van der Waals surface area (Å²) < 4.78 is 5.61. The van der Waals surface area contributed by atoms with Crippen molar-refractivity contribution in [3.8, 4) is 5.75 Å². The van der Waals surface area contributed by atoms with Gasteiger partial charge >= 0.3 is 0 Å². The Kier molecular flexibility index (Phi) is 5.49. The molecule has 0 N–H and O–H groups in total. The molecule has 3 aliphatic rings. The zero-order chi connectivity index (χ0) is 23.2. The summed E-state index contributed by atoms with van der Waals surface area (Å²) in [7, 11) is 1.74. The molecule has 0 saturated carbocycles. The quantitative estimate of drug-likeness (QED) is 0.354. The molecule has 3 saturated heterocycles. The van der Waals surface area contributed by atoms with Gasteiger partial charge in [-0.15, -0.1) is 0 Å². The standard InChI is InChI=1S/C30H33N3O/c1-4-20-18-33-14-12-21(20)16-29(33)30(28-15-19(2)23-7-5-6-8-27(23)32-28)24-11-13-31-26-10-9-22(34-3)17-25(24)26/h5-11,13,15,17,20-21,29-30H,4,12,14,16,18H2,1-3H3/t20-,21-,29-,30-/m0/s1. The van der Waals surface area contributed by atoms with E-state index in [9.17, 15) is 0 Å². The van der Waals surface area contributed by atoms with Crippen LogP contribution in [0, 0.1) is 18.8 Å². The molecule has 3 aliphatic heterocycles. The van der Waals surface area contributed by atoms with Crippen molar-refractivity contribution in [3.05, 3.63) is 77.6 Å². The van der Waals surface area contributed by atoms with Crippen LogP contribution in [0.15, 0.2) is 60.8 Å². The third kappa shape index (κ3) is 3.56. The third-order valence-corrected chi connectivity index (χ3v) is 8.42. The third-order valence-electron chi connectivity index (χ3n) is 8.42. The number of para-hydroxylation sites is 1. The van der Waals surface area contributed by atoms with E-state index < -0.39 is 0 Å². The van der Waals surface area contributed by atoms with Crippen molar-refractivity contribution in [2.45, 2.75) is 45.1 Å². The summed E-state index contributed by atoms with van der Waals surface area (Å²) in [5.74, 6) is 2.71. The van der Waals surface area contributed by atoms with Crippen LogP contribution >= 0.6 is 0 Å². The number of rotatable bonds is 5. The molecule has 0 spiro atoms. The fraction of sp³-hybridized carbons (Fsp3) is 0.400. The highest BCUT2D eigenvalue weighted by atomic mass is 16.5. The second kappa shape index (κ2) is 8.66. The summed E-state index contributed by atoms with van der Waals surface area (Å²) in [6, 6.07) is 19.8. The van der Waals surface area contributed by atoms with Crippen molar-refractivity contribution in [2.24, 2.45) is 11.8 Å². The summed E-state index contributed by atoms with van der Waals surface area (Å²) in [5.41, 5.74) is 5.89. The number of hydrogen-bond acceptors (Lipinski definition) is 4. The molecule has 2 bridgehead atoms. The molecular weight excluding hydrogens is 418 g/mol. The second-order valence-corrected chi connectivity index (χ2v) is 10.2. The van der Waals surface area contributed by atoms with Gasteiger partial charge in [0.2, 0.25) is 0 Å². The zero-order valence-corrected chi connectivity index (χ0v) is 20.4. The van der Waals surface area contributed by atoms with Gasteiger partial charge in [-0.05, 0) is 85.7 Å². The van der Waals surface area contributed by atoms with Crippen LogP contribution in [-0.2, 0) is 0 Å². The van der Waals surface area contributed by atoms with Crippen molar-refractivity contribution in [2.75, 3.05) is 20.2 Å². The van der Waals surface area contributed by atoms with Gasteiger partial charge in [0.05, 0.1) is 23.8 Å². The smallest absolute Gasteiger partial charge is 0.119 e. The molecule has 4 aromatic rings. The van der Waals surface area contributed by atoms with Gasteiger partial charge in [-0.1, -0.05) is 31.5 Å². The number of piperidine rings is 3. The maximum Gasteiger partial charge on any atom is 0.119 e. The maximum atomic E-state index is 5.61. The van der Waals surface area contributed by atoms with Gasteiger partial charge in [0.25, 0.3) is 0 Å². The normalized spacial score (nSPS) is 25.0. The van der Waals surface area contributed by atoms with E-state index in [2.05, 4.69) is 72.3 Å². The fourth-order valence-electron chi connectivity index (χ4n) is 6.63. The number of methoxy groups -OCH3 is 1. The van der Waals surface area contributed by atoms with Crippen LogP contribution in [0.3, 0.4) is 0 Å². The first-order chi connectivity index (χ1) is 16.7. The van der Waals surface area contributed by atoms with Crippen LogP contribution < -0.4 is 4.74 Å². The van der Waals surface area contributed by atoms with E-state index in [0.717, 1.165) is 28.6 Å². The first-order valence-corrected chi connectivity index (χ1v) is 12.7. The summed E-state index contributed by atoms with van der Waals surface area (Å²) in [6.45, 7) is 6.98. The Hall–Kier alpha value is -2.98. The first kappa shape index (κ1) is 21.5. The SMILES string of the molecule is CC[C@H]1CN2CC[C@H]1C[C@H]2[C@H](c1cc(C)c2ccccc2n1)c1ccnc2ccc(OC)cc12. The number of pyridine rings is 2. The van der Waals surface area contributed by atoms with Crippen LogP contribution in [0.2, 0.25) is 0 Å². The molecule has 5 atom stereocenters. The van der Waals surface area contributed by atoms with E-state index in [1.807, 2.05) is 12.3 Å². The molecule has 3 fully saturated rings. The Morgan fingerprint density at radius 3 is 2.74 bits per heavy atom. The van der Waals surface area contributed by atoms with Crippen LogP contribution in [0.5, 0.6) is 5.75 Å². The van der Waals surface area contributed by atoms with E-state index in [1.165, 1.54) is 59.9 Å². The fourth-order valence-corrected chi connectivity index (χ4v) is 6.63. The predicted molar refractivity (Wildman–Crippen MR) is 138 cm³/mol. The molecule has 0 aliphatic carbocycles. The molecule has 0 amide bonds. The average molecular weight is 452 g/mol.